The van der Waals surface area contributed by atoms with Gasteiger partial charge in [0.05, 0.1) is 17.7 Å². The lowest BCUT2D eigenvalue weighted by Crippen LogP contribution is -2.38. The number of pyridine rings is 1. The van der Waals surface area contributed by atoms with Gasteiger partial charge in [0.1, 0.15) is 23.9 Å². The first-order chi connectivity index (χ1) is 15.0. The minimum absolute atomic E-state index is 0.0805. The monoisotopic (exact) mass is 416 g/mol. The number of rotatable bonds is 2. The number of nitrogen functional groups attached to an aromatic ring is 1. The lowest BCUT2D eigenvalue weighted by atomic mass is 9.80. The van der Waals surface area contributed by atoms with Gasteiger partial charge in [-0.25, -0.2) is 15.0 Å². The maximum atomic E-state index is 11.1. The number of nitrogens with one attached hydrogen (secondary N) is 1. The van der Waals surface area contributed by atoms with Gasteiger partial charge in [0.15, 0.2) is 0 Å². The van der Waals surface area contributed by atoms with Crippen molar-refractivity contribution in [2.75, 3.05) is 12.3 Å². The molecule has 4 heterocycles. The van der Waals surface area contributed by atoms with Gasteiger partial charge in [-0.05, 0) is 42.7 Å². The van der Waals surface area contributed by atoms with Crippen LogP contribution in [0.15, 0.2) is 55.1 Å². The van der Waals surface area contributed by atoms with Crippen LogP contribution >= 0.6 is 0 Å². The average Bonchev–Trinajstić information content (AvgIpc) is 3.47. The van der Waals surface area contributed by atoms with E-state index in [2.05, 4.69) is 38.5 Å². The molecule has 5 N–H and O–H groups in total. The summed E-state index contributed by atoms with van der Waals surface area (Å²) in [7, 11) is 0. The van der Waals surface area contributed by atoms with Crippen molar-refractivity contribution in [3.8, 4) is 0 Å². The molecule has 0 radical (unpaired) electrons. The van der Waals surface area contributed by atoms with Gasteiger partial charge in [0, 0.05) is 41.2 Å². The Kier molecular flexibility index (Phi) is 4.05. The van der Waals surface area contributed by atoms with E-state index < -0.39 is 17.6 Å². The molecule has 3 aromatic heterocycles. The number of hydrogen-bond acceptors (Lipinski definition) is 7. The highest BCUT2D eigenvalue weighted by Crippen LogP contribution is 2.52. The zero-order valence-electron chi connectivity index (χ0n) is 16.9. The lowest BCUT2D eigenvalue weighted by Gasteiger charge is -2.27. The lowest BCUT2D eigenvalue weighted by molar-refractivity contribution is -0.0218. The summed E-state index contributed by atoms with van der Waals surface area (Å²) in [6, 6.07) is 11.8. The Balaban J connectivity index is 1.30. The van der Waals surface area contributed by atoms with Gasteiger partial charge in [0.2, 0.25) is 0 Å². The number of aliphatic hydroxyl groups excluding tert-OH is 2. The third-order valence-electron chi connectivity index (χ3n) is 7.15. The molecule has 5 unspecified atom stereocenters. The maximum absolute atomic E-state index is 11.1. The largest absolute Gasteiger partial charge is 0.390 e. The smallest absolute Gasteiger partial charge is 0.143 e. The van der Waals surface area contributed by atoms with Gasteiger partial charge < -0.3 is 25.8 Å². The van der Waals surface area contributed by atoms with Crippen LogP contribution in [-0.2, 0) is 0 Å². The Labute approximate surface area is 178 Å². The van der Waals surface area contributed by atoms with Crippen LogP contribution < -0.4 is 11.1 Å². The van der Waals surface area contributed by atoms with Gasteiger partial charge in [-0.15, -0.1) is 0 Å². The molecule has 1 aliphatic heterocycles. The molecule has 31 heavy (non-hydrogen) atoms. The molecule has 5 atom stereocenters. The van der Waals surface area contributed by atoms with Crippen LogP contribution in [0.2, 0.25) is 0 Å². The van der Waals surface area contributed by atoms with Crippen LogP contribution in [0, 0.1) is 5.41 Å². The second-order valence-electron chi connectivity index (χ2n) is 8.92. The molecule has 0 bridgehead atoms. The molecule has 1 saturated heterocycles. The molecular formula is C23H24N6O2. The third-order valence-corrected chi connectivity index (χ3v) is 7.15. The zero-order valence-corrected chi connectivity index (χ0v) is 16.9. The Morgan fingerprint density at radius 3 is 2.87 bits per heavy atom. The summed E-state index contributed by atoms with van der Waals surface area (Å²) in [4.78, 5) is 12.9. The first-order valence-electron chi connectivity index (χ1n) is 10.6. The van der Waals surface area contributed by atoms with Crippen molar-refractivity contribution in [1.29, 1.82) is 0 Å². The molecule has 1 aromatic carbocycles. The fourth-order valence-electron chi connectivity index (χ4n) is 5.52. The van der Waals surface area contributed by atoms with E-state index in [1.165, 1.54) is 6.33 Å². The minimum atomic E-state index is -0.857. The van der Waals surface area contributed by atoms with Crippen LogP contribution in [0.4, 0.5) is 5.82 Å². The number of hydrogen-bond donors (Lipinski definition) is 4. The van der Waals surface area contributed by atoms with Crippen molar-refractivity contribution in [1.82, 2.24) is 24.8 Å². The Hall–Kier alpha value is -3.07. The number of nitrogens with two attached hydrogens (primary N) is 1. The van der Waals surface area contributed by atoms with E-state index in [1.807, 2.05) is 22.9 Å². The van der Waals surface area contributed by atoms with E-state index in [-0.39, 0.29) is 12.1 Å². The number of aliphatic hydroxyl groups is 2. The van der Waals surface area contributed by atoms with Gasteiger partial charge in [-0.3, -0.25) is 0 Å². The molecule has 1 spiro atoms. The highest BCUT2D eigenvalue weighted by atomic mass is 16.3. The topological polar surface area (TPSA) is 122 Å². The van der Waals surface area contributed by atoms with E-state index >= 15 is 0 Å². The highest BCUT2D eigenvalue weighted by Gasteiger charge is 2.56. The first kappa shape index (κ1) is 18.7. The van der Waals surface area contributed by atoms with E-state index in [0.29, 0.717) is 18.8 Å². The van der Waals surface area contributed by atoms with Crippen LogP contribution in [-0.4, -0.2) is 48.5 Å². The molecule has 2 fully saturated rings. The number of aromatic nitrogens is 4. The molecule has 8 heteroatoms. The molecule has 6 rings (SSSR count). The Morgan fingerprint density at radius 2 is 1.97 bits per heavy atom. The second kappa shape index (κ2) is 6.71. The summed E-state index contributed by atoms with van der Waals surface area (Å²) >= 11 is 0. The molecule has 1 saturated carbocycles. The van der Waals surface area contributed by atoms with Crippen molar-refractivity contribution < 1.29 is 10.2 Å². The predicted molar refractivity (Wildman–Crippen MR) is 117 cm³/mol. The van der Waals surface area contributed by atoms with Crippen molar-refractivity contribution in [3.63, 3.8) is 0 Å². The van der Waals surface area contributed by atoms with Crippen LogP contribution in [0.5, 0.6) is 0 Å². The van der Waals surface area contributed by atoms with Crippen LogP contribution in [0.25, 0.3) is 21.9 Å². The van der Waals surface area contributed by atoms with Gasteiger partial charge >= 0.3 is 0 Å². The summed E-state index contributed by atoms with van der Waals surface area (Å²) in [5.74, 6) is 0.500. The molecule has 8 nitrogen and oxygen atoms in total. The molecular weight excluding hydrogens is 392 g/mol. The number of anilines is 1. The van der Waals surface area contributed by atoms with Crippen molar-refractivity contribution in [2.24, 2.45) is 5.41 Å². The average molecular weight is 416 g/mol. The van der Waals surface area contributed by atoms with Crippen molar-refractivity contribution in [3.05, 3.63) is 60.7 Å². The number of nitrogens with zero attached hydrogens (tertiary/aromatic N) is 4. The maximum Gasteiger partial charge on any atom is 0.143 e. The Bertz CT molecular complexity index is 1290. The SMILES string of the molecule is Nc1ccc2ccc(C3CC4(CN3)CC(n3ccc5cncnc53)C(O)C4O)cc2n1. The second-order valence-corrected chi connectivity index (χ2v) is 8.92. The molecule has 2 aliphatic rings. The minimum Gasteiger partial charge on any atom is -0.390 e. The summed E-state index contributed by atoms with van der Waals surface area (Å²) in [5.41, 5.74) is 8.21. The summed E-state index contributed by atoms with van der Waals surface area (Å²) < 4.78 is 1.98. The normalized spacial score (nSPS) is 30.6. The first-order valence-corrected chi connectivity index (χ1v) is 10.6. The summed E-state index contributed by atoms with van der Waals surface area (Å²) in [6.07, 6.45) is 4.95. The molecule has 158 valence electrons. The van der Waals surface area contributed by atoms with Gasteiger partial charge in [-0.1, -0.05) is 12.1 Å². The number of benzene rings is 1. The van der Waals surface area contributed by atoms with Crippen LogP contribution in [0.3, 0.4) is 0 Å². The fraction of sp³-hybridized carbons (Fsp3) is 0.348. The highest BCUT2D eigenvalue weighted by molar-refractivity contribution is 5.80. The zero-order chi connectivity index (χ0) is 21.2. The van der Waals surface area contributed by atoms with Gasteiger partial charge in [-0.2, -0.15) is 0 Å². The molecule has 1 aliphatic carbocycles. The van der Waals surface area contributed by atoms with E-state index in [0.717, 1.165) is 33.9 Å². The quantitative estimate of drug-likeness (QED) is 0.394. The molecule has 4 aromatic rings. The Morgan fingerprint density at radius 1 is 1.10 bits per heavy atom. The molecule has 0 amide bonds. The fourth-order valence-corrected chi connectivity index (χ4v) is 5.52. The van der Waals surface area contributed by atoms with Crippen molar-refractivity contribution in [2.45, 2.75) is 37.1 Å². The standard InChI is InChI=1S/C23H24N6O2/c24-19-4-3-13-1-2-14(7-16(13)28-19)17-8-23(11-26-17)9-18(20(30)21(23)31)29-6-5-15-10-25-12-27-22(15)29/h1-7,10,12,17-18,20-21,26,30-31H,8-9,11H2,(H2,24,28). The number of fused-ring (bicyclic) bond motifs is 2. The van der Waals surface area contributed by atoms with E-state index in [9.17, 15) is 10.2 Å². The predicted octanol–water partition coefficient (Wildman–Crippen LogP) is 1.95. The summed E-state index contributed by atoms with van der Waals surface area (Å²) in [5, 5.41) is 27.6. The van der Waals surface area contributed by atoms with E-state index in [1.54, 1.807) is 12.3 Å². The van der Waals surface area contributed by atoms with Crippen molar-refractivity contribution >= 4 is 27.8 Å². The van der Waals surface area contributed by atoms with Gasteiger partial charge in [0.25, 0.3) is 0 Å². The third kappa shape index (κ3) is 2.83. The summed E-state index contributed by atoms with van der Waals surface area (Å²) in [6.45, 7) is 0.642. The van der Waals surface area contributed by atoms with E-state index in [4.69, 9.17) is 5.73 Å². The van der Waals surface area contributed by atoms with Crippen LogP contribution in [0.1, 0.15) is 30.5 Å².